The Morgan fingerprint density at radius 2 is 1.84 bits per heavy atom. The highest BCUT2D eigenvalue weighted by Crippen LogP contribution is 2.34. The van der Waals surface area contributed by atoms with Crippen LogP contribution in [0.15, 0.2) is 66.2 Å². The van der Waals surface area contributed by atoms with Gasteiger partial charge in [0.25, 0.3) is 0 Å². The monoisotopic (exact) mass is 467 g/mol. The molecule has 2 aromatic heterocycles. The number of para-hydroxylation sites is 1. The molecule has 7 heteroatoms. The molecule has 0 saturated heterocycles. The minimum atomic E-state index is -0.912. The first kappa shape index (κ1) is 22.5. The SMILES string of the molecule is O=C(NC1CCCCC1)C(c1ccccn1)N(C(=O)Cc1cccs1)c1ccccc1Cl. The van der Waals surface area contributed by atoms with Crippen LogP contribution in [0.25, 0.3) is 0 Å². The lowest BCUT2D eigenvalue weighted by Crippen LogP contribution is -2.48. The van der Waals surface area contributed by atoms with E-state index in [2.05, 4.69) is 10.3 Å². The van der Waals surface area contributed by atoms with Crippen LogP contribution in [0.1, 0.15) is 48.7 Å². The zero-order valence-corrected chi connectivity index (χ0v) is 19.3. The highest BCUT2D eigenvalue weighted by atomic mass is 35.5. The van der Waals surface area contributed by atoms with Crippen molar-refractivity contribution in [2.75, 3.05) is 4.90 Å². The Morgan fingerprint density at radius 1 is 1.06 bits per heavy atom. The molecule has 1 saturated carbocycles. The van der Waals surface area contributed by atoms with Gasteiger partial charge in [-0.25, -0.2) is 0 Å². The molecule has 32 heavy (non-hydrogen) atoms. The van der Waals surface area contributed by atoms with E-state index in [9.17, 15) is 9.59 Å². The summed E-state index contributed by atoms with van der Waals surface area (Å²) < 4.78 is 0. The number of pyridine rings is 1. The maximum Gasteiger partial charge on any atom is 0.249 e. The Kier molecular flexibility index (Phi) is 7.55. The van der Waals surface area contributed by atoms with Crippen molar-refractivity contribution in [3.8, 4) is 0 Å². The standard InChI is InChI=1S/C25H26ClN3O2S/c26-20-12-4-5-14-22(20)29(23(30)17-19-11-8-16-32-19)24(21-13-6-7-15-27-21)25(31)28-18-9-2-1-3-10-18/h4-8,11-16,18,24H,1-3,9-10,17H2,(H,28,31). The Bertz CT molecular complexity index is 1040. The maximum absolute atomic E-state index is 13.7. The molecule has 1 fully saturated rings. The molecule has 0 spiro atoms. The molecular weight excluding hydrogens is 442 g/mol. The summed E-state index contributed by atoms with van der Waals surface area (Å²) in [5.41, 5.74) is 1.02. The smallest absolute Gasteiger partial charge is 0.249 e. The molecule has 5 nitrogen and oxygen atoms in total. The van der Waals surface area contributed by atoms with Crippen molar-refractivity contribution in [3.63, 3.8) is 0 Å². The summed E-state index contributed by atoms with van der Waals surface area (Å²) in [4.78, 5) is 34.2. The molecule has 0 aliphatic heterocycles. The summed E-state index contributed by atoms with van der Waals surface area (Å²) in [6, 6.07) is 15.6. The van der Waals surface area contributed by atoms with Gasteiger partial charge >= 0.3 is 0 Å². The number of halogens is 1. The molecule has 1 aliphatic rings. The Labute approximate surface area is 197 Å². The van der Waals surface area contributed by atoms with E-state index in [0.717, 1.165) is 30.6 Å². The minimum Gasteiger partial charge on any atom is -0.351 e. The summed E-state index contributed by atoms with van der Waals surface area (Å²) in [6.45, 7) is 0. The predicted octanol–water partition coefficient (Wildman–Crippen LogP) is 5.56. The molecule has 2 amide bonds. The first-order valence-corrected chi connectivity index (χ1v) is 12.2. The van der Waals surface area contributed by atoms with Gasteiger partial charge in [0.15, 0.2) is 6.04 Å². The number of amides is 2. The van der Waals surface area contributed by atoms with Gasteiger partial charge in [0.1, 0.15) is 0 Å². The molecule has 1 aromatic carbocycles. The van der Waals surface area contributed by atoms with Crippen LogP contribution in [0.3, 0.4) is 0 Å². The largest absolute Gasteiger partial charge is 0.351 e. The molecule has 1 N–H and O–H groups in total. The van der Waals surface area contributed by atoms with E-state index < -0.39 is 6.04 Å². The molecule has 1 unspecified atom stereocenters. The van der Waals surface area contributed by atoms with Crippen LogP contribution >= 0.6 is 22.9 Å². The number of carbonyl (C=O) groups is 2. The van der Waals surface area contributed by atoms with Crippen molar-refractivity contribution in [2.45, 2.75) is 50.6 Å². The van der Waals surface area contributed by atoms with Gasteiger partial charge in [-0.05, 0) is 48.6 Å². The third-order valence-corrected chi connectivity index (χ3v) is 6.91. The van der Waals surface area contributed by atoms with Crippen molar-refractivity contribution in [1.82, 2.24) is 10.3 Å². The average molecular weight is 468 g/mol. The Balaban J connectivity index is 1.74. The fourth-order valence-corrected chi connectivity index (χ4v) is 5.08. The molecule has 1 aliphatic carbocycles. The lowest BCUT2D eigenvalue weighted by Gasteiger charge is -2.33. The number of hydrogen-bond acceptors (Lipinski definition) is 4. The van der Waals surface area contributed by atoms with Gasteiger partial charge in [0.2, 0.25) is 11.8 Å². The van der Waals surface area contributed by atoms with Gasteiger partial charge in [-0.2, -0.15) is 0 Å². The highest BCUT2D eigenvalue weighted by Gasteiger charge is 2.35. The van der Waals surface area contributed by atoms with E-state index in [1.165, 1.54) is 22.7 Å². The fourth-order valence-electron chi connectivity index (χ4n) is 4.16. The van der Waals surface area contributed by atoms with Gasteiger partial charge in [-0.3, -0.25) is 19.5 Å². The zero-order valence-electron chi connectivity index (χ0n) is 17.7. The molecule has 4 rings (SSSR count). The number of hydrogen-bond donors (Lipinski definition) is 1. The Hall–Kier alpha value is -2.70. The van der Waals surface area contributed by atoms with Gasteiger partial charge in [0, 0.05) is 17.1 Å². The molecule has 166 valence electrons. The van der Waals surface area contributed by atoms with E-state index in [4.69, 9.17) is 11.6 Å². The summed E-state index contributed by atoms with van der Waals surface area (Å²) in [7, 11) is 0. The molecule has 0 bridgehead atoms. The normalized spacial score (nSPS) is 15.2. The highest BCUT2D eigenvalue weighted by molar-refractivity contribution is 7.10. The number of anilines is 1. The number of thiophene rings is 1. The van der Waals surface area contributed by atoms with Crippen LogP contribution in [-0.4, -0.2) is 22.8 Å². The van der Waals surface area contributed by atoms with Gasteiger partial charge in [0.05, 0.1) is 22.8 Å². The van der Waals surface area contributed by atoms with Crippen molar-refractivity contribution >= 4 is 40.4 Å². The van der Waals surface area contributed by atoms with Crippen LogP contribution in [0.4, 0.5) is 5.69 Å². The number of benzene rings is 1. The summed E-state index contributed by atoms with van der Waals surface area (Å²) in [5, 5.41) is 5.54. The average Bonchev–Trinajstić information content (AvgIpc) is 3.32. The second-order valence-electron chi connectivity index (χ2n) is 7.97. The quantitative estimate of drug-likeness (QED) is 0.494. The minimum absolute atomic E-state index is 0.114. The molecule has 3 aromatic rings. The van der Waals surface area contributed by atoms with Crippen LogP contribution in [0, 0.1) is 0 Å². The van der Waals surface area contributed by atoms with E-state index in [1.54, 1.807) is 30.5 Å². The number of carbonyl (C=O) groups excluding carboxylic acids is 2. The lowest BCUT2D eigenvalue weighted by atomic mass is 9.95. The van der Waals surface area contributed by atoms with Crippen molar-refractivity contribution in [3.05, 3.63) is 81.8 Å². The first-order valence-electron chi connectivity index (χ1n) is 10.9. The van der Waals surface area contributed by atoms with Crippen LogP contribution in [0.5, 0.6) is 0 Å². The van der Waals surface area contributed by atoms with Crippen LogP contribution in [0.2, 0.25) is 5.02 Å². The van der Waals surface area contributed by atoms with E-state index in [1.807, 2.05) is 35.7 Å². The van der Waals surface area contributed by atoms with Gasteiger partial charge in [-0.1, -0.05) is 55.1 Å². The van der Waals surface area contributed by atoms with Gasteiger partial charge < -0.3 is 5.32 Å². The summed E-state index contributed by atoms with van der Waals surface area (Å²) in [5.74, 6) is -0.426. The molecule has 0 radical (unpaired) electrons. The fraction of sp³-hybridized carbons (Fsp3) is 0.320. The van der Waals surface area contributed by atoms with Crippen LogP contribution in [-0.2, 0) is 16.0 Å². The van der Waals surface area contributed by atoms with E-state index >= 15 is 0 Å². The summed E-state index contributed by atoms with van der Waals surface area (Å²) >= 11 is 8.05. The van der Waals surface area contributed by atoms with Crippen molar-refractivity contribution < 1.29 is 9.59 Å². The second kappa shape index (κ2) is 10.7. The first-order chi connectivity index (χ1) is 15.6. The summed E-state index contributed by atoms with van der Waals surface area (Å²) in [6.07, 6.45) is 7.13. The van der Waals surface area contributed by atoms with Crippen LogP contribution < -0.4 is 10.2 Å². The van der Waals surface area contributed by atoms with E-state index in [-0.39, 0.29) is 24.3 Å². The molecular formula is C25H26ClN3O2S. The maximum atomic E-state index is 13.7. The number of rotatable bonds is 7. The molecule has 2 heterocycles. The zero-order chi connectivity index (χ0) is 22.3. The van der Waals surface area contributed by atoms with Crippen molar-refractivity contribution in [2.24, 2.45) is 0 Å². The third-order valence-electron chi connectivity index (χ3n) is 5.71. The number of nitrogens with zero attached hydrogens (tertiary/aromatic N) is 2. The predicted molar refractivity (Wildman–Crippen MR) is 129 cm³/mol. The topological polar surface area (TPSA) is 62.3 Å². The Morgan fingerprint density at radius 3 is 2.53 bits per heavy atom. The third kappa shape index (κ3) is 5.37. The number of nitrogens with one attached hydrogen (secondary N) is 1. The van der Waals surface area contributed by atoms with Crippen molar-refractivity contribution in [1.29, 1.82) is 0 Å². The van der Waals surface area contributed by atoms with Gasteiger partial charge in [-0.15, -0.1) is 11.3 Å². The lowest BCUT2D eigenvalue weighted by molar-refractivity contribution is -0.127. The number of aromatic nitrogens is 1. The second-order valence-corrected chi connectivity index (χ2v) is 9.41. The van der Waals surface area contributed by atoms with E-state index in [0.29, 0.717) is 16.4 Å². The molecule has 1 atom stereocenters.